The van der Waals surface area contributed by atoms with Crippen molar-refractivity contribution < 1.29 is 26.2 Å². The van der Waals surface area contributed by atoms with Gasteiger partial charge in [-0.1, -0.05) is 22.0 Å². The highest BCUT2D eigenvalue weighted by Crippen LogP contribution is 2.20. The van der Waals surface area contributed by atoms with E-state index in [2.05, 4.69) is 33.0 Å². The third-order valence-electron chi connectivity index (χ3n) is 3.61. The lowest BCUT2D eigenvalue weighted by Crippen LogP contribution is -3.00. The summed E-state index contributed by atoms with van der Waals surface area (Å²) >= 11 is 4.72. The van der Waals surface area contributed by atoms with Gasteiger partial charge in [0, 0.05) is 22.0 Å². The number of allylic oxidation sites excluding steroid dienone is 1. The smallest absolute Gasteiger partial charge is 0.271 e. The molecule has 1 N–H and O–H groups in total. The molecule has 1 heterocycles. The minimum Gasteiger partial charge on any atom is -1.00 e. The van der Waals surface area contributed by atoms with E-state index in [4.69, 9.17) is 0 Å². The Hall–Kier alpha value is -2.03. The van der Waals surface area contributed by atoms with Crippen molar-refractivity contribution in [1.29, 1.82) is 0 Å². The molecule has 0 radical (unpaired) electrons. The average Bonchev–Trinajstić information content (AvgIpc) is 3.04. The molecule has 0 aliphatic carbocycles. The van der Waals surface area contributed by atoms with E-state index in [1.807, 2.05) is 9.95 Å². The second-order valence-electron chi connectivity index (χ2n) is 5.37. The first-order valence-electron chi connectivity index (χ1n) is 7.73. The van der Waals surface area contributed by atoms with Crippen LogP contribution in [0.4, 0.5) is 4.39 Å². The quantitative estimate of drug-likeness (QED) is 0.410. The molecule has 0 fully saturated rings. The first-order valence-corrected chi connectivity index (χ1v) is 9.40. The molecule has 1 aromatic heterocycles. The zero-order valence-electron chi connectivity index (χ0n) is 14.0. The maximum Gasteiger partial charge on any atom is 0.271 e. The standard InChI is InChI=1S/C19H15BrFN3OS.BrH/c1-2-11-24-17(13-5-9-16(21)10-6-13)12-26-19(24)23-22-18(25)14-3-7-15(20)8-4-14;/h2-10,12H,1,11H2,(H,22,25);1H/p-1/b23-19-;. The predicted molar refractivity (Wildman–Crippen MR) is 105 cm³/mol. The normalized spacial score (nSPS) is 11.0. The fourth-order valence-electron chi connectivity index (χ4n) is 2.34. The summed E-state index contributed by atoms with van der Waals surface area (Å²) in [4.78, 5) is 12.8. The van der Waals surface area contributed by atoms with Crippen LogP contribution in [0.1, 0.15) is 10.4 Å². The van der Waals surface area contributed by atoms with Crippen LogP contribution in [0.25, 0.3) is 11.3 Å². The number of amides is 1. The summed E-state index contributed by atoms with van der Waals surface area (Å²) in [7, 11) is 0. The molecule has 0 unspecified atom stereocenters. The molecule has 3 aromatic rings. The number of hydrogen-bond acceptors (Lipinski definition) is 3. The molecule has 1 amide bonds. The number of nitrogens with one attached hydrogen (secondary N) is 1. The SMILES string of the molecule is C=CCn1c(-c2ccc(F)cc2)cs/c1=N\NC(=O)c1ccc(Br)cc1.[Br-]. The Kier molecular flexibility index (Phi) is 7.70. The summed E-state index contributed by atoms with van der Waals surface area (Å²) < 4.78 is 16.0. The van der Waals surface area contributed by atoms with Crippen molar-refractivity contribution in [2.75, 3.05) is 0 Å². The van der Waals surface area contributed by atoms with Crippen molar-refractivity contribution in [1.82, 2.24) is 9.99 Å². The van der Waals surface area contributed by atoms with Gasteiger partial charge in [-0.2, -0.15) is 0 Å². The summed E-state index contributed by atoms with van der Waals surface area (Å²) in [5.74, 6) is -0.578. The number of thiazole rings is 1. The van der Waals surface area contributed by atoms with E-state index in [0.717, 1.165) is 15.7 Å². The molecule has 27 heavy (non-hydrogen) atoms. The average molecular weight is 512 g/mol. The fourth-order valence-corrected chi connectivity index (χ4v) is 3.48. The Morgan fingerprint density at radius 2 is 1.89 bits per heavy atom. The Morgan fingerprint density at radius 1 is 1.22 bits per heavy atom. The summed E-state index contributed by atoms with van der Waals surface area (Å²) in [6, 6.07) is 13.3. The van der Waals surface area contributed by atoms with Gasteiger partial charge in [-0.3, -0.25) is 4.79 Å². The highest BCUT2D eigenvalue weighted by molar-refractivity contribution is 9.10. The van der Waals surface area contributed by atoms with E-state index in [1.165, 1.54) is 23.5 Å². The zero-order chi connectivity index (χ0) is 18.5. The van der Waals surface area contributed by atoms with Gasteiger partial charge in [0.05, 0.1) is 5.69 Å². The van der Waals surface area contributed by atoms with Crippen LogP contribution in [0.15, 0.2) is 76.1 Å². The third-order valence-corrected chi connectivity index (χ3v) is 5.00. The van der Waals surface area contributed by atoms with Gasteiger partial charge < -0.3 is 21.5 Å². The highest BCUT2D eigenvalue weighted by atomic mass is 79.9. The molecule has 0 spiro atoms. The molecule has 2 aromatic carbocycles. The van der Waals surface area contributed by atoms with Crippen molar-refractivity contribution >= 4 is 33.2 Å². The topological polar surface area (TPSA) is 46.4 Å². The van der Waals surface area contributed by atoms with Crippen molar-refractivity contribution in [2.45, 2.75) is 6.54 Å². The molecular formula is C19H15Br2FN3OS-. The van der Waals surface area contributed by atoms with Gasteiger partial charge in [-0.05, 0) is 54.1 Å². The number of rotatable bonds is 5. The number of hydrogen-bond donors (Lipinski definition) is 1. The van der Waals surface area contributed by atoms with Crippen LogP contribution in [0.5, 0.6) is 0 Å². The number of nitrogens with zero attached hydrogens (tertiary/aromatic N) is 2. The summed E-state index contributed by atoms with van der Waals surface area (Å²) in [5, 5.41) is 6.15. The van der Waals surface area contributed by atoms with Crippen LogP contribution >= 0.6 is 27.3 Å². The van der Waals surface area contributed by atoms with E-state index >= 15 is 0 Å². The van der Waals surface area contributed by atoms with Crippen LogP contribution < -0.4 is 27.2 Å². The van der Waals surface area contributed by atoms with Crippen molar-refractivity contribution in [3.8, 4) is 11.3 Å². The molecule has 4 nitrogen and oxygen atoms in total. The van der Waals surface area contributed by atoms with E-state index in [-0.39, 0.29) is 28.7 Å². The molecule has 0 saturated heterocycles. The summed E-state index contributed by atoms with van der Waals surface area (Å²) in [5.41, 5.74) is 4.84. The van der Waals surface area contributed by atoms with Gasteiger partial charge in [0.1, 0.15) is 5.82 Å². The minimum absolute atomic E-state index is 0. The summed E-state index contributed by atoms with van der Waals surface area (Å²) in [6.45, 7) is 4.28. The van der Waals surface area contributed by atoms with Crippen LogP contribution in [0.2, 0.25) is 0 Å². The lowest BCUT2D eigenvalue weighted by Gasteiger charge is -2.06. The van der Waals surface area contributed by atoms with Gasteiger partial charge in [0.25, 0.3) is 5.91 Å². The lowest BCUT2D eigenvalue weighted by atomic mass is 10.2. The van der Waals surface area contributed by atoms with Crippen LogP contribution in [-0.4, -0.2) is 10.5 Å². The first kappa shape index (κ1) is 21.3. The van der Waals surface area contributed by atoms with Crippen LogP contribution in [-0.2, 0) is 6.54 Å². The first-order chi connectivity index (χ1) is 12.6. The molecule has 8 heteroatoms. The lowest BCUT2D eigenvalue weighted by molar-refractivity contribution is -0.0000139. The van der Waals surface area contributed by atoms with Gasteiger partial charge in [0.2, 0.25) is 4.80 Å². The van der Waals surface area contributed by atoms with E-state index in [9.17, 15) is 9.18 Å². The monoisotopic (exact) mass is 510 g/mol. The van der Waals surface area contributed by atoms with Gasteiger partial charge >= 0.3 is 0 Å². The molecule has 0 aliphatic heterocycles. The fraction of sp³-hybridized carbons (Fsp3) is 0.0526. The van der Waals surface area contributed by atoms with Gasteiger partial charge in [0.15, 0.2) is 0 Å². The molecule has 0 bridgehead atoms. The number of aromatic nitrogens is 1. The van der Waals surface area contributed by atoms with Crippen molar-refractivity contribution in [3.63, 3.8) is 0 Å². The Balaban J connectivity index is 0.00000261. The molecule has 0 aliphatic rings. The summed E-state index contributed by atoms with van der Waals surface area (Å²) in [6.07, 6.45) is 1.75. The minimum atomic E-state index is -0.292. The van der Waals surface area contributed by atoms with Gasteiger partial charge in [-0.15, -0.1) is 23.0 Å². The zero-order valence-corrected chi connectivity index (χ0v) is 18.0. The van der Waals surface area contributed by atoms with Crippen LogP contribution in [0, 0.1) is 5.82 Å². The highest BCUT2D eigenvalue weighted by Gasteiger charge is 2.08. The molecule has 140 valence electrons. The number of benzene rings is 2. The molecule has 3 rings (SSSR count). The van der Waals surface area contributed by atoms with E-state index in [1.54, 1.807) is 42.5 Å². The van der Waals surface area contributed by atoms with E-state index < -0.39 is 0 Å². The second-order valence-corrected chi connectivity index (χ2v) is 7.12. The molecular weight excluding hydrogens is 497 g/mol. The number of halogens is 3. The predicted octanol–water partition coefficient (Wildman–Crippen LogP) is 1.55. The Bertz CT molecular complexity index is 995. The van der Waals surface area contributed by atoms with Gasteiger partial charge in [-0.25, -0.2) is 9.82 Å². The van der Waals surface area contributed by atoms with Crippen molar-refractivity contribution in [3.05, 3.63) is 87.2 Å². The van der Waals surface area contributed by atoms with Crippen molar-refractivity contribution in [2.24, 2.45) is 5.10 Å². The van der Waals surface area contributed by atoms with Crippen LogP contribution in [0.3, 0.4) is 0 Å². The Morgan fingerprint density at radius 3 is 2.52 bits per heavy atom. The van der Waals surface area contributed by atoms with E-state index in [0.29, 0.717) is 16.9 Å². The Labute approximate surface area is 179 Å². The maximum atomic E-state index is 13.2. The number of carbonyl (C=O) groups excluding carboxylic acids is 1. The largest absolute Gasteiger partial charge is 1.00 e. The second kappa shape index (κ2) is 9.77. The maximum absolute atomic E-state index is 13.2. The third kappa shape index (κ3) is 5.24. The molecule has 0 atom stereocenters. The molecule has 0 saturated carbocycles. The number of carbonyl (C=O) groups is 1.